The summed E-state index contributed by atoms with van der Waals surface area (Å²) in [6.07, 6.45) is 0. The van der Waals surface area contributed by atoms with Gasteiger partial charge in [-0.25, -0.2) is 0 Å². The molecule has 1 N–H and O–H groups in total. The van der Waals surface area contributed by atoms with Crippen molar-refractivity contribution in [3.8, 4) is 11.5 Å². The van der Waals surface area contributed by atoms with Gasteiger partial charge in [0.1, 0.15) is 18.1 Å². The van der Waals surface area contributed by atoms with Gasteiger partial charge < -0.3 is 14.8 Å². The van der Waals surface area contributed by atoms with E-state index in [1.807, 2.05) is 37.4 Å². The van der Waals surface area contributed by atoms with Crippen molar-refractivity contribution in [1.82, 2.24) is 0 Å². The summed E-state index contributed by atoms with van der Waals surface area (Å²) in [6, 6.07) is 13.7. The minimum atomic E-state index is -2.96. The fraction of sp³-hybridized carbons (Fsp3) is 0.190. The number of para-hydroxylation sites is 2. The van der Waals surface area contributed by atoms with Crippen molar-refractivity contribution in [3.05, 3.63) is 75.5 Å². The standard InChI is InChI=1S/C21H19F2NO3S/c1-13-6-5-9-17(14(13)2)26-11-15-10-19(28-12-15)20(25)24-16-7-3-4-8-18(16)27-21(22)23/h3-10,12,21H,11H2,1-2H3,(H,24,25). The molecule has 0 bridgehead atoms. The SMILES string of the molecule is Cc1cccc(OCc2csc(C(=O)Nc3ccccc3OC(F)F)c2)c1C. The van der Waals surface area contributed by atoms with Crippen LogP contribution in [0.5, 0.6) is 11.5 Å². The highest BCUT2D eigenvalue weighted by Crippen LogP contribution is 2.27. The number of carbonyl (C=O) groups excluding carboxylic acids is 1. The molecule has 1 aromatic heterocycles. The summed E-state index contributed by atoms with van der Waals surface area (Å²) >= 11 is 1.26. The Balaban J connectivity index is 1.65. The number of anilines is 1. The molecule has 0 spiro atoms. The number of benzene rings is 2. The first-order valence-corrected chi connectivity index (χ1v) is 9.43. The molecule has 0 aliphatic heterocycles. The number of halogens is 2. The van der Waals surface area contributed by atoms with Gasteiger partial charge >= 0.3 is 6.61 Å². The summed E-state index contributed by atoms with van der Waals surface area (Å²) in [5.74, 6) is 0.324. The molecule has 0 aliphatic rings. The van der Waals surface area contributed by atoms with Crippen LogP contribution in [0, 0.1) is 13.8 Å². The number of ether oxygens (including phenoxy) is 2. The van der Waals surface area contributed by atoms with E-state index in [1.54, 1.807) is 18.2 Å². The van der Waals surface area contributed by atoms with Crippen LogP contribution in [0.1, 0.15) is 26.4 Å². The third-order valence-corrected chi connectivity index (χ3v) is 5.16. The number of amides is 1. The van der Waals surface area contributed by atoms with E-state index in [4.69, 9.17) is 4.74 Å². The molecule has 0 saturated heterocycles. The molecule has 1 heterocycles. The van der Waals surface area contributed by atoms with Gasteiger partial charge in [0.2, 0.25) is 0 Å². The van der Waals surface area contributed by atoms with Gasteiger partial charge in [0, 0.05) is 5.56 Å². The first kappa shape index (κ1) is 19.8. The Morgan fingerprint density at radius 2 is 1.86 bits per heavy atom. The fourth-order valence-electron chi connectivity index (χ4n) is 2.56. The zero-order valence-electron chi connectivity index (χ0n) is 15.4. The number of carbonyl (C=O) groups is 1. The molecule has 3 aromatic rings. The molecular weight excluding hydrogens is 384 g/mol. The molecular formula is C21H19F2NO3S. The van der Waals surface area contributed by atoms with Gasteiger partial charge in [0.05, 0.1) is 10.6 Å². The van der Waals surface area contributed by atoms with Gasteiger partial charge in [-0.2, -0.15) is 8.78 Å². The molecule has 0 aliphatic carbocycles. The van der Waals surface area contributed by atoms with Crippen LogP contribution < -0.4 is 14.8 Å². The molecule has 146 valence electrons. The van der Waals surface area contributed by atoms with Crippen molar-refractivity contribution < 1.29 is 23.0 Å². The highest BCUT2D eigenvalue weighted by molar-refractivity contribution is 7.12. The van der Waals surface area contributed by atoms with Gasteiger partial charge in [-0.3, -0.25) is 4.79 Å². The number of rotatable bonds is 7. The van der Waals surface area contributed by atoms with Crippen LogP contribution in [-0.2, 0) is 6.61 Å². The number of alkyl halides is 2. The van der Waals surface area contributed by atoms with E-state index in [-0.39, 0.29) is 11.4 Å². The van der Waals surface area contributed by atoms with E-state index < -0.39 is 12.5 Å². The maximum atomic E-state index is 12.5. The van der Waals surface area contributed by atoms with E-state index in [0.717, 1.165) is 22.4 Å². The van der Waals surface area contributed by atoms with Crippen molar-refractivity contribution in [2.75, 3.05) is 5.32 Å². The van der Waals surface area contributed by atoms with Crippen LogP contribution in [0.3, 0.4) is 0 Å². The Morgan fingerprint density at radius 1 is 1.11 bits per heavy atom. The summed E-state index contributed by atoms with van der Waals surface area (Å²) in [7, 11) is 0. The topological polar surface area (TPSA) is 47.6 Å². The maximum Gasteiger partial charge on any atom is 0.387 e. The fourth-order valence-corrected chi connectivity index (χ4v) is 3.36. The minimum Gasteiger partial charge on any atom is -0.489 e. The van der Waals surface area contributed by atoms with Gasteiger partial charge in [-0.05, 0) is 54.6 Å². The van der Waals surface area contributed by atoms with Crippen molar-refractivity contribution in [3.63, 3.8) is 0 Å². The van der Waals surface area contributed by atoms with Gasteiger partial charge in [-0.15, -0.1) is 11.3 Å². The number of thiophene rings is 1. The van der Waals surface area contributed by atoms with E-state index in [0.29, 0.717) is 11.5 Å². The molecule has 7 heteroatoms. The lowest BCUT2D eigenvalue weighted by Gasteiger charge is -2.11. The van der Waals surface area contributed by atoms with Crippen LogP contribution in [-0.4, -0.2) is 12.5 Å². The largest absolute Gasteiger partial charge is 0.489 e. The van der Waals surface area contributed by atoms with Crippen molar-refractivity contribution in [2.45, 2.75) is 27.1 Å². The Labute approximate surface area is 165 Å². The van der Waals surface area contributed by atoms with Crippen LogP contribution in [0.25, 0.3) is 0 Å². The van der Waals surface area contributed by atoms with Crippen molar-refractivity contribution >= 4 is 22.9 Å². The second-order valence-electron chi connectivity index (χ2n) is 6.13. The monoisotopic (exact) mass is 403 g/mol. The predicted molar refractivity (Wildman–Crippen MR) is 106 cm³/mol. The molecule has 3 rings (SSSR count). The second-order valence-corrected chi connectivity index (χ2v) is 7.05. The van der Waals surface area contributed by atoms with Crippen LogP contribution >= 0.6 is 11.3 Å². The van der Waals surface area contributed by atoms with Gasteiger partial charge in [-0.1, -0.05) is 24.3 Å². The molecule has 28 heavy (non-hydrogen) atoms. The quantitative estimate of drug-likeness (QED) is 0.543. The average molecular weight is 403 g/mol. The zero-order valence-corrected chi connectivity index (χ0v) is 16.2. The summed E-state index contributed by atoms with van der Waals surface area (Å²) < 4.78 is 35.3. The molecule has 0 radical (unpaired) electrons. The number of nitrogens with one attached hydrogen (secondary N) is 1. The average Bonchev–Trinajstić information content (AvgIpc) is 3.13. The highest BCUT2D eigenvalue weighted by atomic mass is 32.1. The van der Waals surface area contributed by atoms with E-state index in [2.05, 4.69) is 10.1 Å². The van der Waals surface area contributed by atoms with E-state index >= 15 is 0 Å². The first-order valence-electron chi connectivity index (χ1n) is 8.55. The Hall–Kier alpha value is -2.93. The molecule has 0 saturated carbocycles. The highest BCUT2D eigenvalue weighted by Gasteiger charge is 2.14. The molecule has 0 unspecified atom stereocenters. The lowest BCUT2D eigenvalue weighted by atomic mass is 10.1. The van der Waals surface area contributed by atoms with Crippen molar-refractivity contribution in [1.29, 1.82) is 0 Å². The van der Waals surface area contributed by atoms with Crippen LogP contribution in [0.2, 0.25) is 0 Å². The zero-order chi connectivity index (χ0) is 20.1. The number of hydrogen-bond donors (Lipinski definition) is 1. The smallest absolute Gasteiger partial charge is 0.387 e. The third-order valence-electron chi connectivity index (χ3n) is 4.18. The first-order chi connectivity index (χ1) is 13.4. The molecule has 4 nitrogen and oxygen atoms in total. The van der Waals surface area contributed by atoms with Gasteiger partial charge in [0.25, 0.3) is 5.91 Å². The molecule has 1 amide bonds. The second kappa shape index (κ2) is 8.84. The molecule has 0 fully saturated rings. The Bertz CT molecular complexity index is 972. The normalized spacial score (nSPS) is 10.8. The Morgan fingerprint density at radius 3 is 2.64 bits per heavy atom. The Kier molecular flexibility index (Phi) is 6.26. The maximum absolute atomic E-state index is 12.5. The third kappa shape index (κ3) is 4.86. The van der Waals surface area contributed by atoms with E-state index in [1.165, 1.54) is 23.5 Å². The van der Waals surface area contributed by atoms with E-state index in [9.17, 15) is 13.6 Å². The summed E-state index contributed by atoms with van der Waals surface area (Å²) in [5, 5.41) is 4.44. The van der Waals surface area contributed by atoms with Gasteiger partial charge in [0.15, 0.2) is 0 Å². The van der Waals surface area contributed by atoms with Crippen LogP contribution in [0.15, 0.2) is 53.9 Å². The molecule has 2 aromatic carbocycles. The van der Waals surface area contributed by atoms with Crippen LogP contribution in [0.4, 0.5) is 14.5 Å². The summed E-state index contributed by atoms with van der Waals surface area (Å²) in [6.45, 7) is 1.38. The number of aryl methyl sites for hydroxylation is 1. The summed E-state index contributed by atoms with van der Waals surface area (Å²) in [5.41, 5.74) is 3.27. The number of hydrogen-bond acceptors (Lipinski definition) is 4. The lowest BCUT2D eigenvalue weighted by molar-refractivity contribution is -0.0493. The predicted octanol–water partition coefficient (Wildman–Crippen LogP) is 5.80. The lowest BCUT2D eigenvalue weighted by Crippen LogP contribution is -2.12. The minimum absolute atomic E-state index is 0.0825. The van der Waals surface area contributed by atoms with Crippen molar-refractivity contribution in [2.24, 2.45) is 0 Å². The molecule has 0 atom stereocenters. The summed E-state index contributed by atoms with van der Waals surface area (Å²) in [4.78, 5) is 12.9.